The van der Waals surface area contributed by atoms with E-state index in [4.69, 9.17) is 19.3 Å². The van der Waals surface area contributed by atoms with E-state index in [1.807, 2.05) is 0 Å². The second kappa shape index (κ2) is 8.86. The van der Waals surface area contributed by atoms with Crippen LogP contribution in [0.3, 0.4) is 0 Å². The smallest absolute Gasteiger partial charge is 0.331 e. The molecule has 0 fully saturated rings. The Balaban J connectivity index is 3.96. The standard InChI is InChI=1S/C12H16O6/c1-4-16-7-9(2)18-10(3)8-17-12(15)6-5-11(13)14/h4-7,10H,1,8H2,2-3H3,(H,13,14)/b6-5-,9-7?. The Labute approximate surface area is 105 Å². The fraction of sp³-hybridized carbons (Fsp3) is 0.333. The van der Waals surface area contributed by atoms with Gasteiger partial charge in [-0.2, -0.15) is 0 Å². The molecule has 1 N–H and O–H groups in total. The first-order valence-electron chi connectivity index (χ1n) is 5.13. The average molecular weight is 256 g/mol. The molecule has 0 saturated heterocycles. The number of ether oxygens (including phenoxy) is 3. The summed E-state index contributed by atoms with van der Waals surface area (Å²) in [6, 6.07) is 0. The Hall–Kier alpha value is -2.24. The van der Waals surface area contributed by atoms with E-state index in [-0.39, 0.29) is 12.7 Å². The molecule has 0 aliphatic carbocycles. The second-order valence-corrected chi connectivity index (χ2v) is 3.26. The van der Waals surface area contributed by atoms with Crippen molar-refractivity contribution in [2.75, 3.05) is 6.61 Å². The number of hydrogen-bond acceptors (Lipinski definition) is 5. The molecule has 0 bridgehead atoms. The molecule has 0 aromatic rings. The van der Waals surface area contributed by atoms with Crippen molar-refractivity contribution < 1.29 is 28.9 Å². The molecule has 0 amide bonds. The Morgan fingerprint density at radius 3 is 2.61 bits per heavy atom. The van der Waals surface area contributed by atoms with Gasteiger partial charge in [-0.15, -0.1) is 0 Å². The van der Waals surface area contributed by atoms with Gasteiger partial charge < -0.3 is 19.3 Å². The van der Waals surface area contributed by atoms with Crippen molar-refractivity contribution in [1.29, 1.82) is 0 Å². The largest absolute Gasteiger partial charge is 0.489 e. The maximum Gasteiger partial charge on any atom is 0.331 e. The molecule has 0 heterocycles. The highest BCUT2D eigenvalue weighted by molar-refractivity contribution is 5.90. The van der Waals surface area contributed by atoms with Gasteiger partial charge in [0.15, 0.2) is 0 Å². The fourth-order valence-corrected chi connectivity index (χ4v) is 0.910. The number of carboxylic acid groups (broad SMARTS) is 1. The van der Waals surface area contributed by atoms with Crippen LogP contribution in [-0.4, -0.2) is 29.8 Å². The summed E-state index contributed by atoms with van der Waals surface area (Å²) >= 11 is 0. The first-order chi connectivity index (χ1) is 8.45. The minimum Gasteiger partial charge on any atom is -0.489 e. The summed E-state index contributed by atoms with van der Waals surface area (Å²) in [4.78, 5) is 21.2. The second-order valence-electron chi connectivity index (χ2n) is 3.26. The van der Waals surface area contributed by atoms with Crippen LogP contribution in [0.2, 0.25) is 0 Å². The molecule has 18 heavy (non-hydrogen) atoms. The number of carboxylic acids is 1. The van der Waals surface area contributed by atoms with E-state index in [0.29, 0.717) is 11.8 Å². The maximum atomic E-state index is 11.0. The van der Waals surface area contributed by atoms with Crippen molar-refractivity contribution >= 4 is 11.9 Å². The molecule has 6 heteroatoms. The molecule has 0 saturated carbocycles. The van der Waals surface area contributed by atoms with Crippen molar-refractivity contribution in [2.45, 2.75) is 20.0 Å². The maximum absolute atomic E-state index is 11.0. The number of carbonyl (C=O) groups excluding carboxylic acids is 1. The summed E-state index contributed by atoms with van der Waals surface area (Å²) in [5.74, 6) is -1.45. The Morgan fingerprint density at radius 1 is 1.39 bits per heavy atom. The van der Waals surface area contributed by atoms with Crippen LogP contribution in [0, 0.1) is 0 Å². The lowest BCUT2D eigenvalue weighted by atomic mass is 10.4. The molecule has 0 aromatic carbocycles. The van der Waals surface area contributed by atoms with Crippen LogP contribution in [0.15, 0.2) is 37.0 Å². The Kier molecular flexibility index (Phi) is 7.76. The van der Waals surface area contributed by atoms with Gasteiger partial charge in [0.05, 0.1) is 6.26 Å². The van der Waals surface area contributed by atoms with E-state index >= 15 is 0 Å². The van der Waals surface area contributed by atoms with E-state index in [1.54, 1.807) is 13.8 Å². The van der Waals surface area contributed by atoms with Crippen molar-refractivity contribution in [3.63, 3.8) is 0 Å². The minimum absolute atomic E-state index is 0.00205. The Morgan fingerprint density at radius 2 is 2.06 bits per heavy atom. The summed E-state index contributed by atoms with van der Waals surface area (Å²) in [5.41, 5.74) is 0. The van der Waals surface area contributed by atoms with E-state index in [2.05, 4.69) is 6.58 Å². The summed E-state index contributed by atoms with van der Waals surface area (Å²) in [5, 5.41) is 8.29. The molecule has 0 radical (unpaired) electrons. The third-order valence-electron chi connectivity index (χ3n) is 1.54. The SMILES string of the molecule is C=COC=C(C)OC(C)COC(=O)/C=C\C(=O)O. The monoisotopic (exact) mass is 256 g/mol. The van der Waals surface area contributed by atoms with Crippen molar-refractivity contribution in [3.8, 4) is 0 Å². The Bertz CT molecular complexity index is 356. The topological polar surface area (TPSA) is 82.1 Å². The fourth-order valence-electron chi connectivity index (χ4n) is 0.910. The van der Waals surface area contributed by atoms with Crippen LogP contribution in [0.1, 0.15) is 13.8 Å². The van der Waals surface area contributed by atoms with Gasteiger partial charge in [-0.3, -0.25) is 0 Å². The third-order valence-corrected chi connectivity index (χ3v) is 1.54. The molecule has 0 spiro atoms. The molecular formula is C12H16O6. The zero-order chi connectivity index (χ0) is 14.0. The van der Waals surface area contributed by atoms with Gasteiger partial charge in [-0.05, 0) is 13.8 Å². The lowest BCUT2D eigenvalue weighted by molar-refractivity contribution is -0.141. The number of carbonyl (C=O) groups is 2. The van der Waals surface area contributed by atoms with Gasteiger partial charge in [-0.25, -0.2) is 9.59 Å². The van der Waals surface area contributed by atoms with E-state index in [0.717, 1.165) is 6.08 Å². The van der Waals surface area contributed by atoms with Crippen molar-refractivity contribution in [3.05, 3.63) is 37.0 Å². The van der Waals surface area contributed by atoms with Gasteiger partial charge >= 0.3 is 11.9 Å². The van der Waals surface area contributed by atoms with Gasteiger partial charge in [0.1, 0.15) is 24.7 Å². The quantitative estimate of drug-likeness (QED) is 0.403. The number of aliphatic carboxylic acids is 1. The number of esters is 1. The normalized spacial score (nSPS) is 12.9. The summed E-state index contributed by atoms with van der Waals surface area (Å²) in [6.45, 7) is 6.73. The summed E-state index contributed by atoms with van der Waals surface area (Å²) in [6.07, 6.45) is 3.76. The lowest BCUT2D eigenvalue weighted by Crippen LogP contribution is -2.17. The molecule has 1 atom stereocenters. The first-order valence-corrected chi connectivity index (χ1v) is 5.13. The highest BCUT2D eigenvalue weighted by Gasteiger charge is 2.07. The predicted molar refractivity (Wildman–Crippen MR) is 63.3 cm³/mol. The van der Waals surface area contributed by atoms with Gasteiger partial charge in [0.25, 0.3) is 0 Å². The van der Waals surface area contributed by atoms with Crippen LogP contribution in [0.4, 0.5) is 0 Å². The van der Waals surface area contributed by atoms with E-state index in [9.17, 15) is 9.59 Å². The molecule has 0 aromatic heterocycles. The van der Waals surface area contributed by atoms with Crippen LogP contribution in [-0.2, 0) is 23.8 Å². The molecule has 0 aliphatic rings. The van der Waals surface area contributed by atoms with Gasteiger partial charge in [-0.1, -0.05) is 6.58 Å². The third kappa shape index (κ3) is 9.02. The zero-order valence-corrected chi connectivity index (χ0v) is 10.3. The molecule has 0 aliphatic heterocycles. The van der Waals surface area contributed by atoms with Crippen LogP contribution < -0.4 is 0 Å². The molecule has 0 rings (SSSR count). The lowest BCUT2D eigenvalue weighted by Gasteiger charge is -2.14. The number of hydrogen-bond donors (Lipinski definition) is 1. The van der Waals surface area contributed by atoms with E-state index in [1.165, 1.54) is 12.5 Å². The molecule has 100 valence electrons. The van der Waals surface area contributed by atoms with Gasteiger partial charge in [0.2, 0.25) is 0 Å². The highest BCUT2D eigenvalue weighted by Crippen LogP contribution is 2.03. The minimum atomic E-state index is -1.21. The first kappa shape index (κ1) is 15.8. The molecule has 6 nitrogen and oxygen atoms in total. The number of rotatable bonds is 8. The highest BCUT2D eigenvalue weighted by atomic mass is 16.6. The number of allylic oxidation sites excluding steroid dienone is 1. The van der Waals surface area contributed by atoms with Gasteiger partial charge in [0, 0.05) is 12.2 Å². The van der Waals surface area contributed by atoms with Crippen LogP contribution >= 0.6 is 0 Å². The van der Waals surface area contributed by atoms with Crippen molar-refractivity contribution in [2.24, 2.45) is 0 Å². The van der Waals surface area contributed by atoms with E-state index < -0.39 is 11.9 Å². The van der Waals surface area contributed by atoms with Crippen LogP contribution in [0.5, 0.6) is 0 Å². The zero-order valence-electron chi connectivity index (χ0n) is 10.3. The summed E-state index contributed by atoms with van der Waals surface area (Å²) < 4.78 is 14.8. The van der Waals surface area contributed by atoms with Crippen LogP contribution in [0.25, 0.3) is 0 Å². The predicted octanol–water partition coefficient (Wildman–Crippen LogP) is 1.60. The molecule has 1 unspecified atom stereocenters. The molecular weight excluding hydrogens is 240 g/mol. The average Bonchev–Trinajstić information content (AvgIpc) is 2.31. The summed E-state index contributed by atoms with van der Waals surface area (Å²) in [7, 11) is 0. The van der Waals surface area contributed by atoms with Crippen molar-refractivity contribution in [1.82, 2.24) is 0 Å².